The largest absolute Gasteiger partial charge is 0.396 e. The highest BCUT2D eigenvalue weighted by atomic mass is 16.3. The van der Waals surface area contributed by atoms with Gasteiger partial charge in [-0.25, -0.2) is 0 Å². The Bertz CT molecular complexity index is 335. The first-order valence-electron chi connectivity index (χ1n) is 8.64. The summed E-state index contributed by atoms with van der Waals surface area (Å²) in [5.41, 5.74) is -0.0645. The number of aliphatic hydroxyl groups is 2. The highest BCUT2D eigenvalue weighted by molar-refractivity contribution is 5.79. The maximum Gasteiger partial charge on any atom is 0.225 e. The number of likely N-dealkylation sites (tertiary alicyclic amines) is 1. The van der Waals surface area contributed by atoms with Crippen molar-refractivity contribution in [3.05, 3.63) is 0 Å². The number of piperidine rings is 1. The molecular weight excluding hydrogens is 266 g/mol. The van der Waals surface area contributed by atoms with Crippen LogP contribution >= 0.6 is 0 Å². The monoisotopic (exact) mass is 297 g/mol. The molecule has 1 aliphatic heterocycles. The average Bonchev–Trinajstić information content (AvgIpc) is 2.55. The van der Waals surface area contributed by atoms with Gasteiger partial charge in [-0.15, -0.1) is 0 Å². The van der Waals surface area contributed by atoms with Gasteiger partial charge in [0.25, 0.3) is 0 Å². The summed E-state index contributed by atoms with van der Waals surface area (Å²) in [6, 6.07) is 0. The van der Waals surface area contributed by atoms with Crippen LogP contribution in [-0.2, 0) is 4.79 Å². The molecule has 2 aliphatic rings. The normalized spacial score (nSPS) is 34.0. The number of aliphatic hydroxyl groups excluding tert-OH is 2. The minimum absolute atomic E-state index is 0.0645. The maximum atomic E-state index is 12.7. The fraction of sp³-hybridized carbons (Fsp3) is 0.941. The van der Waals surface area contributed by atoms with Gasteiger partial charge in [-0.3, -0.25) is 4.79 Å². The van der Waals surface area contributed by atoms with Crippen molar-refractivity contribution in [3.63, 3.8) is 0 Å². The summed E-state index contributed by atoms with van der Waals surface area (Å²) in [5, 5.41) is 19.0. The molecule has 21 heavy (non-hydrogen) atoms. The van der Waals surface area contributed by atoms with Crippen molar-refractivity contribution in [1.82, 2.24) is 4.90 Å². The van der Waals surface area contributed by atoms with Crippen LogP contribution in [0.1, 0.15) is 58.3 Å². The standard InChI is InChI=1S/C17H31NO3/c1-2-8-17(13-20)9-3-10-18(12-17)16(21)15-6-4-14(11-19)5-7-15/h14-15,19-20H,2-13H2,1H3/t14?,15?,17-/m1/s1. The van der Waals surface area contributed by atoms with Crippen molar-refractivity contribution in [2.24, 2.45) is 17.3 Å². The molecule has 2 N–H and O–H groups in total. The van der Waals surface area contributed by atoms with Crippen molar-refractivity contribution >= 4 is 5.91 Å². The van der Waals surface area contributed by atoms with Gasteiger partial charge in [-0.1, -0.05) is 13.3 Å². The van der Waals surface area contributed by atoms with E-state index in [2.05, 4.69) is 6.92 Å². The van der Waals surface area contributed by atoms with Crippen LogP contribution in [0.15, 0.2) is 0 Å². The van der Waals surface area contributed by atoms with Crippen molar-refractivity contribution in [3.8, 4) is 0 Å². The van der Waals surface area contributed by atoms with Crippen molar-refractivity contribution in [2.75, 3.05) is 26.3 Å². The molecule has 4 nitrogen and oxygen atoms in total. The maximum absolute atomic E-state index is 12.7. The summed E-state index contributed by atoms with van der Waals surface area (Å²) in [7, 11) is 0. The number of amides is 1. The predicted octanol–water partition coefficient (Wildman–Crippen LogP) is 2.19. The van der Waals surface area contributed by atoms with E-state index in [1.54, 1.807) is 0 Å². The predicted molar refractivity (Wildman–Crippen MR) is 82.8 cm³/mol. The second-order valence-corrected chi connectivity index (χ2v) is 7.17. The molecule has 0 unspecified atom stereocenters. The van der Waals surface area contributed by atoms with Crippen molar-refractivity contribution < 1.29 is 15.0 Å². The minimum atomic E-state index is -0.0645. The summed E-state index contributed by atoms with van der Waals surface area (Å²) in [6.45, 7) is 4.19. The summed E-state index contributed by atoms with van der Waals surface area (Å²) in [5.74, 6) is 0.830. The van der Waals surface area contributed by atoms with Gasteiger partial charge in [-0.2, -0.15) is 0 Å². The van der Waals surface area contributed by atoms with Gasteiger partial charge in [0, 0.05) is 31.0 Å². The molecule has 1 aliphatic carbocycles. The van der Waals surface area contributed by atoms with E-state index in [0.29, 0.717) is 11.8 Å². The number of carbonyl (C=O) groups excluding carboxylic acids is 1. The molecule has 0 aromatic heterocycles. The van der Waals surface area contributed by atoms with Gasteiger partial charge >= 0.3 is 0 Å². The van der Waals surface area contributed by atoms with Crippen molar-refractivity contribution in [2.45, 2.75) is 58.3 Å². The molecular formula is C17H31NO3. The van der Waals surface area contributed by atoms with Crippen LogP contribution in [0.3, 0.4) is 0 Å². The number of hydrogen-bond acceptors (Lipinski definition) is 3. The van der Waals surface area contributed by atoms with Gasteiger partial charge in [0.1, 0.15) is 0 Å². The SMILES string of the molecule is CCC[C@@]1(CO)CCCN(C(=O)C2CCC(CO)CC2)C1. The highest BCUT2D eigenvalue weighted by Crippen LogP contribution is 2.36. The second-order valence-electron chi connectivity index (χ2n) is 7.17. The molecule has 1 atom stereocenters. The number of rotatable bonds is 5. The number of nitrogens with zero attached hydrogens (tertiary/aromatic N) is 1. The van der Waals surface area contributed by atoms with E-state index in [0.717, 1.165) is 64.5 Å². The Morgan fingerprint density at radius 2 is 1.95 bits per heavy atom. The second kappa shape index (κ2) is 7.59. The molecule has 1 saturated carbocycles. The van der Waals surface area contributed by atoms with E-state index in [4.69, 9.17) is 0 Å². The smallest absolute Gasteiger partial charge is 0.225 e. The minimum Gasteiger partial charge on any atom is -0.396 e. The van der Waals surface area contributed by atoms with Crippen LogP contribution in [0.25, 0.3) is 0 Å². The molecule has 122 valence electrons. The highest BCUT2D eigenvalue weighted by Gasteiger charge is 2.38. The quantitative estimate of drug-likeness (QED) is 0.817. The van der Waals surface area contributed by atoms with Crippen LogP contribution in [0.4, 0.5) is 0 Å². The van der Waals surface area contributed by atoms with E-state index in [-0.39, 0.29) is 24.5 Å². The fourth-order valence-corrected chi connectivity index (χ4v) is 4.19. The lowest BCUT2D eigenvalue weighted by atomic mass is 9.76. The molecule has 0 bridgehead atoms. The summed E-state index contributed by atoms with van der Waals surface area (Å²) >= 11 is 0. The van der Waals surface area contributed by atoms with Crippen LogP contribution in [0.2, 0.25) is 0 Å². The van der Waals surface area contributed by atoms with Gasteiger partial charge in [0.05, 0.1) is 6.61 Å². The zero-order chi connectivity index (χ0) is 15.3. The van der Waals surface area contributed by atoms with E-state index in [1.807, 2.05) is 4.90 Å². The van der Waals surface area contributed by atoms with Crippen molar-refractivity contribution in [1.29, 1.82) is 0 Å². The lowest BCUT2D eigenvalue weighted by molar-refractivity contribution is -0.141. The third-order valence-corrected chi connectivity index (χ3v) is 5.54. The topological polar surface area (TPSA) is 60.8 Å². The van der Waals surface area contributed by atoms with Crippen LogP contribution in [-0.4, -0.2) is 47.3 Å². The van der Waals surface area contributed by atoms with Crippen LogP contribution < -0.4 is 0 Å². The molecule has 0 aromatic carbocycles. The first-order chi connectivity index (χ1) is 10.1. The van der Waals surface area contributed by atoms with Gasteiger partial charge in [0.2, 0.25) is 5.91 Å². The van der Waals surface area contributed by atoms with E-state index >= 15 is 0 Å². The molecule has 1 saturated heterocycles. The lowest BCUT2D eigenvalue weighted by Crippen LogP contribution is -2.50. The first-order valence-corrected chi connectivity index (χ1v) is 8.64. The third kappa shape index (κ3) is 3.98. The number of carbonyl (C=O) groups is 1. The van der Waals surface area contributed by atoms with Crippen LogP contribution in [0, 0.1) is 17.3 Å². The Balaban J connectivity index is 1.93. The molecule has 4 heteroatoms. The Hall–Kier alpha value is -0.610. The third-order valence-electron chi connectivity index (χ3n) is 5.54. The molecule has 1 amide bonds. The Morgan fingerprint density at radius 3 is 2.52 bits per heavy atom. The van der Waals surface area contributed by atoms with Gasteiger partial charge in [-0.05, 0) is 50.9 Å². The Morgan fingerprint density at radius 1 is 1.24 bits per heavy atom. The lowest BCUT2D eigenvalue weighted by Gasteiger charge is -2.43. The molecule has 1 heterocycles. The van der Waals surface area contributed by atoms with Crippen LogP contribution in [0.5, 0.6) is 0 Å². The summed E-state index contributed by atoms with van der Waals surface area (Å²) in [4.78, 5) is 14.8. The summed E-state index contributed by atoms with van der Waals surface area (Å²) in [6.07, 6.45) is 7.90. The molecule has 0 aromatic rings. The van der Waals surface area contributed by atoms with E-state index < -0.39 is 0 Å². The van der Waals surface area contributed by atoms with E-state index in [1.165, 1.54) is 0 Å². The van der Waals surface area contributed by atoms with Gasteiger partial charge < -0.3 is 15.1 Å². The molecule has 2 fully saturated rings. The zero-order valence-corrected chi connectivity index (χ0v) is 13.4. The zero-order valence-electron chi connectivity index (χ0n) is 13.4. The summed E-state index contributed by atoms with van der Waals surface area (Å²) < 4.78 is 0. The Kier molecular flexibility index (Phi) is 6.06. The molecule has 0 spiro atoms. The molecule has 0 radical (unpaired) electrons. The van der Waals surface area contributed by atoms with Gasteiger partial charge in [0.15, 0.2) is 0 Å². The van der Waals surface area contributed by atoms with E-state index in [9.17, 15) is 15.0 Å². The molecule has 2 rings (SSSR count). The number of hydrogen-bond donors (Lipinski definition) is 2. The Labute approximate surface area is 128 Å². The fourth-order valence-electron chi connectivity index (χ4n) is 4.19. The average molecular weight is 297 g/mol. The first kappa shape index (κ1) is 16.8.